The zero-order chi connectivity index (χ0) is 13.8. The quantitative estimate of drug-likeness (QED) is 0.932. The first-order valence-corrected chi connectivity index (χ1v) is 6.43. The number of nitrogens with one attached hydrogen (secondary N) is 1. The topological polar surface area (TPSA) is 63.2 Å². The average Bonchev–Trinajstić information content (AvgIpc) is 2.41. The smallest absolute Gasteiger partial charge is 0.328 e. The molecule has 0 aliphatic heterocycles. The molecule has 0 fully saturated rings. The second-order valence-corrected chi connectivity index (χ2v) is 4.77. The highest BCUT2D eigenvalue weighted by atomic mass is 79.9. The number of rotatable bonds is 4. The van der Waals surface area contributed by atoms with Gasteiger partial charge in [-0.3, -0.25) is 0 Å². The Morgan fingerprint density at radius 1 is 1.16 bits per heavy atom. The van der Waals surface area contributed by atoms with Crippen LogP contribution in [0.1, 0.15) is 0 Å². The van der Waals surface area contributed by atoms with E-state index in [1.165, 1.54) is 0 Å². The zero-order valence-electron chi connectivity index (χ0n) is 10.9. The Bertz CT molecular complexity index is 576. The van der Waals surface area contributed by atoms with Gasteiger partial charge >= 0.3 is 6.01 Å². The van der Waals surface area contributed by atoms with Gasteiger partial charge in [0.25, 0.3) is 0 Å². The van der Waals surface area contributed by atoms with Crippen molar-refractivity contribution >= 4 is 27.8 Å². The molecule has 1 N–H and O–H groups in total. The van der Waals surface area contributed by atoms with Crippen molar-refractivity contribution in [1.29, 1.82) is 0 Å². The number of benzene rings is 1. The monoisotopic (exact) mass is 323 g/mol. The van der Waals surface area contributed by atoms with Crippen molar-refractivity contribution in [1.82, 2.24) is 15.0 Å². The fourth-order valence-corrected chi connectivity index (χ4v) is 1.69. The van der Waals surface area contributed by atoms with E-state index >= 15 is 0 Å². The molecule has 100 valence electrons. The summed E-state index contributed by atoms with van der Waals surface area (Å²) < 4.78 is 6.51. The van der Waals surface area contributed by atoms with Crippen molar-refractivity contribution in [2.75, 3.05) is 31.4 Å². The molecule has 6 nitrogen and oxygen atoms in total. The van der Waals surface area contributed by atoms with E-state index in [0.717, 1.165) is 4.47 Å². The highest BCUT2D eigenvalue weighted by Crippen LogP contribution is 2.28. The van der Waals surface area contributed by atoms with Crippen LogP contribution in [0.4, 0.5) is 11.9 Å². The molecule has 0 atom stereocenters. The van der Waals surface area contributed by atoms with Crippen LogP contribution >= 0.6 is 15.9 Å². The van der Waals surface area contributed by atoms with Gasteiger partial charge in [-0.15, -0.1) is 0 Å². The fraction of sp³-hybridized carbons (Fsp3) is 0.250. The molecule has 0 radical (unpaired) electrons. The number of halogens is 1. The largest absolute Gasteiger partial charge is 0.423 e. The SMILES string of the molecule is CNc1nc(Oc2ccccc2Br)nc(N(C)C)n1. The summed E-state index contributed by atoms with van der Waals surface area (Å²) in [4.78, 5) is 14.4. The molecular weight excluding hydrogens is 310 g/mol. The Balaban J connectivity index is 2.34. The first-order valence-electron chi connectivity index (χ1n) is 5.63. The summed E-state index contributed by atoms with van der Waals surface area (Å²) in [6.45, 7) is 0. The molecule has 0 saturated heterocycles. The second-order valence-electron chi connectivity index (χ2n) is 3.92. The lowest BCUT2D eigenvalue weighted by Gasteiger charge is -2.13. The van der Waals surface area contributed by atoms with Crippen LogP contribution in [-0.4, -0.2) is 36.1 Å². The van der Waals surface area contributed by atoms with E-state index in [2.05, 4.69) is 36.2 Å². The molecule has 2 rings (SSSR count). The van der Waals surface area contributed by atoms with E-state index in [4.69, 9.17) is 4.74 Å². The predicted molar refractivity (Wildman–Crippen MR) is 77.9 cm³/mol. The van der Waals surface area contributed by atoms with Gasteiger partial charge in [0.15, 0.2) is 0 Å². The number of anilines is 2. The van der Waals surface area contributed by atoms with Crippen LogP contribution in [0.2, 0.25) is 0 Å². The molecular formula is C12H14BrN5O. The Morgan fingerprint density at radius 2 is 1.89 bits per heavy atom. The lowest BCUT2D eigenvalue weighted by atomic mass is 10.3. The van der Waals surface area contributed by atoms with Crippen LogP contribution in [0.5, 0.6) is 11.8 Å². The zero-order valence-corrected chi connectivity index (χ0v) is 12.5. The molecule has 0 aliphatic rings. The standard InChI is InChI=1S/C12H14BrN5O/c1-14-10-15-11(18(2)3)17-12(16-10)19-9-7-5-4-6-8(9)13/h4-7H,1-3H3,(H,14,15,16,17). The van der Waals surface area contributed by atoms with Gasteiger partial charge in [0.05, 0.1) is 4.47 Å². The molecule has 0 spiro atoms. The number of para-hydroxylation sites is 1. The van der Waals surface area contributed by atoms with Crippen molar-refractivity contribution in [3.05, 3.63) is 28.7 Å². The third kappa shape index (κ3) is 3.31. The minimum atomic E-state index is 0.245. The first-order chi connectivity index (χ1) is 9.10. The van der Waals surface area contributed by atoms with Crippen molar-refractivity contribution in [2.45, 2.75) is 0 Å². The molecule has 7 heteroatoms. The third-order valence-electron chi connectivity index (χ3n) is 2.26. The molecule has 0 aliphatic carbocycles. The summed E-state index contributed by atoms with van der Waals surface area (Å²) in [5.41, 5.74) is 0. The number of aromatic nitrogens is 3. The Morgan fingerprint density at radius 3 is 2.53 bits per heavy atom. The van der Waals surface area contributed by atoms with Crippen molar-refractivity contribution < 1.29 is 4.74 Å². The van der Waals surface area contributed by atoms with Crippen molar-refractivity contribution in [2.24, 2.45) is 0 Å². The Kier molecular flexibility index (Phi) is 4.16. The number of hydrogen-bond donors (Lipinski definition) is 1. The third-order valence-corrected chi connectivity index (χ3v) is 2.92. The van der Waals surface area contributed by atoms with E-state index in [-0.39, 0.29) is 6.01 Å². The molecule has 19 heavy (non-hydrogen) atoms. The predicted octanol–water partition coefficient (Wildman–Crippen LogP) is 2.53. The lowest BCUT2D eigenvalue weighted by Crippen LogP contribution is -2.15. The van der Waals surface area contributed by atoms with Gasteiger partial charge < -0.3 is 15.0 Å². The summed E-state index contributed by atoms with van der Waals surface area (Å²) in [5.74, 6) is 1.64. The van der Waals surface area contributed by atoms with Gasteiger partial charge in [-0.1, -0.05) is 12.1 Å². The maximum Gasteiger partial charge on any atom is 0.328 e. The highest BCUT2D eigenvalue weighted by molar-refractivity contribution is 9.10. The number of nitrogens with zero attached hydrogens (tertiary/aromatic N) is 4. The van der Waals surface area contributed by atoms with E-state index < -0.39 is 0 Å². The van der Waals surface area contributed by atoms with Gasteiger partial charge in [0.2, 0.25) is 11.9 Å². The first kappa shape index (κ1) is 13.5. The number of ether oxygens (including phenoxy) is 1. The minimum Gasteiger partial charge on any atom is -0.423 e. The maximum absolute atomic E-state index is 5.67. The van der Waals surface area contributed by atoms with Crippen LogP contribution in [0.15, 0.2) is 28.7 Å². The highest BCUT2D eigenvalue weighted by Gasteiger charge is 2.10. The Hall–Kier alpha value is -1.89. The van der Waals surface area contributed by atoms with Gasteiger partial charge in [-0.2, -0.15) is 15.0 Å². The van der Waals surface area contributed by atoms with Gasteiger partial charge in [-0.25, -0.2) is 0 Å². The summed E-state index contributed by atoms with van der Waals surface area (Å²) in [6, 6.07) is 7.77. The van der Waals surface area contributed by atoms with Crippen LogP contribution < -0.4 is 15.0 Å². The van der Waals surface area contributed by atoms with Gasteiger partial charge in [-0.05, 0) is 28.1 Å². The van der Waals surface area contributed by atoms with E-state index in [1.807, 2.05) is 38.4 Å². The summed E-state index contributed by atoms with van der Waals surface area (Å²) >= 11 is 3.41. The van der Waals surface area contributed by atoms with Crippen molar-refractivity contribution in [3.8, 4) is 11.8 Å². The minimum absolute atomic E-state index is 0.245. The lowest BCUT2D eigenvalue weighted by molar-refractivity contribution is 0.438. The molecule has 2 aromatic rings. The Labute approximate surface area is 120 Å². The van der Waals surface area contributed by atoms with Crippen molar-refractivity contribution in [3.63, 3.8) is 0 Å². The summed E-state index contributed by atoms with van der Waals surface area (Å²) in [7, 11) is 5.46. The molecule has 0 amide bonds. The summed E-state index contributed by atoms with van der Waals surface area (Å²) in [6.07, 6.45) is 0. The maximum atomic E-state index is 5.67. The van der Waals surface area contributed by atoms with E-state index in [0.29, 0.717) is 17.6 Å². The molecule has 1 aromatic heterocycles. The second kappa shape index (κ2) is 5.83. The fourth-order valence-electron chi connectivity index (χ4n) is 1.33. The normalized spacial score (nSPS) is 10.1. The number of hydrogen-bond acceptors (Lipinski definition) is 6. The van der Waals surface area contributed by atoms with E-state index in [9.17, 15) is 0 Å². The van der Waals surface area contributed by atoms with Crippen LogP contribution in [0.25, 0.3) is 0 Å². The molecule has 0 saturated carbocycles. The van der Waals surface area contributed by atoms with E-state index in [1.54, 1.807) is 11.9 Å². The van der Waals surface area contributed by atoms with Crippen LogP contribution in [-0.2, 0) is 0 Å². The van der Waals surface area contributed by atoms with Gasteiger partial charge in [0, 0.05) is 21.1 Å². The average molecular weight is 324 g/mol. The van der Waals surface area contributed by atoms with Gasteiger partial charge in [0.1, 0.15) is 5.75 Å². The summed E-state index contributed by atoms with van der Waals surface area (Å²) in [5, 5.41) is 2.88. The molecule has 1 aromatic carbocycles. The van der Waals surface area contributed by atoms with Crippen LogP contribution in [0.3, 0.4) is 0 Å². The molecule has 0 unspecified atom stereocenters. The molecule has 1 heterocycles. The molecule has 0 bridgehead atoms. The van der Waals surface area contributed by atoms with Crippen LogP contribution in [0, 0.1) is 0 Å².